The molecule has 0 spiro atoms. The van der Waals surface area contributed by atoms with Gasteiger partial charge in [0.2, 0.25) is 0 Å². The van der Waals surface area contributed by atoms with Crippen molar-refractivity contribution in [1.29, 1.82) is 0 Å². The lowest BCUT2D eigenvalue weighted by molar-refractivity contribution is 0.00829. The van der Waals surface area contributed by atoms with Crippen molar-refractivity contribution in [1.82, 2.24) is 0 Å². The molecule has 0 aliphatic heterocycles. The van der Waals surface area contributed by atoms with Crippen molar-refractivity contribution in [3.8, 4) is 0 Å². The van der Waals surface area contributed by atoms with E-state index < -0.39 is 5.60 Å². The van der Waals surface area contributed by atoms with E-state index in [0.29, 0.717) is 11.1 Å². The average Bonchev–Trinajstić information content (AvgIpc) is 2.17. The van der Waals surface area contributed by atoms with Gasteiger partial charge in [0.15, 0.2) is 5.78 Å². The van der Waals surface area contributed by atoms with E-state index in [1.54, 1.807) is 13.0 Å². The Kier molecular flexibility index (Phi) is 3.30. The molecule has 0 aliphatic carbocycles. The Morgan fingerprint density at radius 2 is 1.87 bits per heavy atom. The molecule has 1 rings (SSSR count). The van der Waals surface area contributed by atoms with Crippen LogP contribution in [0.2, 0.25) is 0 Å². The van der Waals surface area contributed by atoms with E-state index in [1.807, 2.05) is 32.0 Å². The highest BCUT2D eigenvalue weighted by atomic mass is 16.3. The van der Waals surface area contributed by atoms with Crippen LogP contribution >= 0.6 is 0 Å². The molecule has 0 bridgehead atoms. The highest BCUT2D eigenvalue weighted by molar-refractivity contribution is 5.95. The first-order chi connectivity index (χ1) is 6.87. The van der Waals surface area contributed by atoms with Crippen LogP contribution < -0.4 is 0 Å². The molecule has 0 fully saturated rings. The highest BCUT2D eigenvalue weighted by Gasteiger charge is 2.30. The molecular formula is C13H18O2. The van der Waals surface area contributed by atoms with E-state index in [4.69, 9.17) is 0 Å². The van der Waals surface area contributed by atoms with E-state index in [0.717, 1.165) is 0 Å². The molecule has 2 heteroatoms. The molecule has 1 atom stereocenters. The van der Waals surface area contributed by atoms with Gasteiger partial charge in [-0.3, -0.25) is 4.79 Å². The predicted molar refractivity (Wildman–Crippen MR) is 60.9 cm³/mol. The predicted octanol–water partition coefficient (Wildman–Crippen LogP) is 2.75. The summed E-state index contributed by atoms with van der Waals surface area (Å²) in [7, 11) is 0. The fourth-order valence-corrected chi connectivity index (χ4v) is 1.54. The Morgan fingerprint density at radius 1 is 1.33 bits per heavy atom. The number of carbonyl (C=O) groups excluding carboxylic acids is 1. The standard InChI is InChI=1S/C13H18O2/c1-9(2)13(4,15)12-8-6-5-7-11(12)10(3)14/h5-9,15H,1-4H3. The third kappa shape index (κ3) is 2.26. The summed E-state index contributed by atoms with van der Waals surface area (Å²) in [5, 5.41) is 10.3. The Labute approximate surface area is 90.9 Å². The van der Waals surface area contributed by atoms with Gasteiger partial charge in [-0.05, 0) is 25.3 Å². The molecule has 1 N–H and O–H groups in total. The molecule has 0 amide bonds. The van der Waals surface area contributed by atoms with Crippen molar-refractivity contribution in [3.63, 3.8) is 0 Å². The van der Waals surface area contributed by atoms with Crippen LogP contribution in [0, 0.1) is 5.92 Å². The summed E-state index contributed by atoms with van der Waals surface area (Å²) >= 11 is 0. The first kappa shape index (κ1) is 11.9. The van der Waals surface area contributed by atoms with Crippen LogP contribution in [0.25, 0.3) is 0 Å². The zero-order valence-electron chi connectivity index (χ0n) is 9.74. The number of ketones is 1. The van der Waals surface area contributed by atoms with Crippen LogP contribution in [0.5, 0.6) is 0 Å². The number of hydrogen-bond donors (Lipinski definition) is 1. The van der Waals surface area contributed by atoms with Crippen molar-refractivity contribution >= 4 is 5.78 Å². The third-order valence-corrected chi connectivity index (χ3v) is 2.98. The van der Waals surface area contributed by atoms with Crippen molar-refractivity contribution in [2.24, 2.45) is 5.92 Å². The average molecular weight is 206 g/mol. The molecule has 82 valence electrons. The van der Waals surface area contributed by atoms with Gasteiger partial charge in [0, 0.05) is 5.56 Å². The van der Waals surface area contributed by atoms with Gasteiger partial charge in [-0.2, -0.15) is 0 Å². The maximum atomic E-state index is 11.4. The Hall–Kier alpha value is -1.15. The second-order valence-corrected chi connectivity index (χ2v) is 4.40. The lowest BCUT2D eigenvalue weighted by atomic mass is 9.82. The van der Waals surface area contributed by atoms with Gasteiger partial charge in [0.25, 0.3) is 0 Å². The number of aliphatic hydroxyl groups is 1. The number of carbonyl (C=O) groups is 1. The van der Waals surface area contributed by atoms with E-state index in [1.165, 1.54) is 6.92 Å². The normalized spacial score (nSPS) is 15.1. The lowest BCUT2D eigenvalue weighted by Gasteiger charge is -2.29. The molecule has 0 aliphatic rings. The Bertz CT molecular complexity index is 365. The van der Waals surface area contributed by atoms with Crippen LogP contribution in [0.3, 0.4) is 0 Å². The van der Waals surface area contributed by atoms with Crippen LogP contribution in [0.4, 0.5) is 0 Å². The Balaban J connectivity index is 3.31. The van der Waals surface area contributed by atoms with Crippen LogP contribution in [0.15, 0.2) is 24.3 Å². The molecule has 1 aromatic rings. The molecule has 0 saturated carbocycles. The summed E-state index contributed by atoms with van der Waals surface area (Å²) < 4.78 is 0. The molecule has 0 saturated heterocycles. The minimum absolute atomic E-state index is 0.00785. The van der Waals surface area contributed by atoms with Gasteiger partial charge in [0.1, 0.15) is 0 Å². The van der Waals surface area contributed by atoms with Gasteiger partial charge in [-0.25, -0.2) is 0 Å². The second-order valence-electron chi connectivity index (χ2n) is 4.40. The van der Waals surface area contributed by atoms with Crippen LogP contribution in [-0.4, -0.2) is 10.9 Å². The van der Waals surface area contributed by atoms with Crippen LogP contribution in [0.1, 0.15) is 43.6 Å². The smallest absolute Gasteiger partial charge is 0.160 e. The summed E-state index contributed by atoms with van der Waals surface area (Å²) in [6.45, 7) is 7.16. The van der Waals surface area contributed by atoms with E-state index in [9.17, 15) is 9.90 Å². The number of Topliss-reactive ketones (excluding diaryl/α,β-unsaturated/α-hetero) is 1. The van der Waals surface area contributed by atoms with Crippen molar-refractivity contribution in [2.75, 3.05) is 0 Å². The minimum Gasteiger partial charge on any atom is -0.385 e. The molecule has 0 radical (unpaired) electrons. The number of hydrogen-bond acceptors (Lipinski definition) is 2. The zero-order chi connectivity index (χ0) is 11.6. The highest BCUT2D eigenvalue weighted by Crippen LogP contribution is 2.31. The molecule has 15 heavy (non-hydrogen) atoms. The maximum Gasteiger partial charge on any atom is 0.160 e. The fraction of sp³-hybridized carbons (Fsp3) is 0.462. The molecule has 0 heterocycles. The van der Waals surface area contributed by atoms with Gasteiger partial charge in [-0.1, -0.05) is 38.1 Å². The SMILES string of the molecule is CC(=O)c1ccccc1C(C)(O)C(C)C. The summed E-state index contributed by atoms with van der Waals surface area (Å²) in [6, 6.07) is 7.24. The van der Waals surface area contributed by atoms with Gasteiger partial charge in [0.05, 0.1) is 5.60 Å². The lowest BCUT2D eigenvalue weighted by Crippen LogP contribution is -2.29. The summed E-state index contributed by atoms with van der Waals surface area (Å²) in [4.78, 5) is 11.4. The summed E-state index contributed by atoms with van der Waals surface area (Å²) in [5.41, 5.74) is 0.367. The first-order valence-corrected chi connectivity index (χ1v) is 5.20. The molecule has 2 nitrogen and oxygen atoms in total. The van der Waals surface area contributed by atoms with Gasteiger partial charge in [-0.15, -0.1) is 0 Å². The monoisotopic (exact) mass is 206 g/mol. The second kappa shape index (κ2) is 4.15. The van der Waals surface area contributed by atoms with Crippen molar-refractivity contribution < 1.29 is 9.90 Å². The maximum absolute atomic E-state index is 11.4. The van der Waals surface area contributed by atoms with Crippen LogP contribution in [-0.2, 0) is 5.60 Å². The quantitative estimate of drug-likeness (QED) is 0.772. The summed E-state index contributed by atoms with van der Waals surface area (Å²) in [6.07, 6.45) is 0. The fourth-order valence-electron chi connectivity index (χ4n) is 1.54. The van der Waals surface area contributed by atoms with Gasteiger partial charge >= 0.3 is 0 Å². The van der Waals surface area contributed by atoms with Crippen molar-refractivity contribution in [3.05, 3.63) is 35.4 Å². The van der Waals surface area contributed by atoms with Crippen molar-refractivity contribution in [2.45, 2.75) is 33.3 Å². The van der Waals surface area contributed by atoms with E-state index in [-0.39, 0.29) is 11.7 Å². The third-order valence-electron chi connectivity index (χ3n) is 2.98. The first-order valence-electron chi connectivity index (χ1n) is 5.20. The minimum atomic E-state index is -0.956. The molecule has 0 aromatic heterocycles. The van der Waals surface area contributed by atoms with E-state index >= 15 is 0 Å². The van der Waals surface area contributed by atoms with Gasteiger partial charge < -0.3 is 5.11 Å². The topological polar surface area (TPSA) is 37.3 Å². The molecule has 1 aromatic carbocycles. The van der Waals surface area contributed by atoms with E-state index in [2.05, 4.69) is 0 Å². The number of rotatable bonds is 3. The number of benzene rings is 1. The Morgan fingerprint density at radius 3 is 2.33 bits per heavy atom. The molecular weight excluding hydrogens is 188 g/mol. The summed E-state index contributed by atoms with van der Waals surface area (Å²) in [5.74, 6) is 0.0597. The zero-order valence-corrected chi connectivity index (χ0v) is 9.74. The molecule has 1 unspecified atom stereocenters. The largest absolute Gasteiger partial charge is 0.385 e.